The van der Waals surface area contributed by atoms with Gasteiger partial charge in [0, 0.05) is 23.6 Å². The van der Waals surface area contributed by atoms with Gasteiger partial charge >= 0.3 is 0 Å². The molecule has 106 valence electrons. The van der Waals surface area contributed by atoms with Crippen molar-refractivity contribution in [3.05, 3.63) is 28.2 Å². The van der Waals surface area contributed by atoms with Gasteiger partial charge in [0.1, 0.15) is 0 Å². The molecule has 0 spiro atoms. The zero-order valence-corrected chi connectivity index (χ0v) is 13.8. The highest BCUT2D eigenvalue weighted by Crippen LogP contribution is 2.34. The number of halogens is 1. The minimum Gasteiger partial charge on any atom is -0.371 e. The highest BCUT2D eigenvalue weighted by molar-refractivity contribution is 9.10. The third kappa shape index (κ3) is 3.51. The molecule has 0 unspecified atom stereocenters. The summed E-state index contributed by atoms with van der Waals surface area (Å²) in [5.41, 5.74) is 8.40. The quantitative estimate of drug-likeness (QED) is 0.887. The summed E-state index contributed by atoms with van der Waals surface area (Å²) in [6.45, 7) is 4.39. The summed E-state index contributed by atoms with van der Waals surface area (Å²) in [6.07, 6.45) is 5.31. The first-order chi connectivity index (χ1) is 8.99. The molecule has 1 atom stereocenters. The van der Waals surface area contributed by atoms with E-state index in [2.05, 4.69) is 53.0 Å². The fourth-order valence-corrected chi connectivity index (χ4v) is 3.60. The van der Waals surface area contributed by atoms with E-state index in [0.29, 0.717) is 6.04 Å². The molecule has 0 heterocycles. The monoisotopic (exact) mass is 324 g/mol. The van der Waals surface area contributed by atoms with Crippen molar-refractivity contribution in [1.29, 1.82) is 0 Å². The molecule has 0 saturated heterocycles. The molecular weight excluding hydrogens is 300 g/mol. The third-order valence-corrected chi connectivity index (χ3v) is 5.05. The van der Waals surface area contributed by atoms with Crippen molar-refractivity contribution in [2.75, 3.05) is 11.9 Å². The Morgan fingerprint density at radius 2 is 1.89 bits per heavy atom. The van der Waals surface area contributed by atoms with Crippen molar-refractivity contribution in [3.8, 4) is 0 Å². The third-order valence-electron chi connectivity index (χ3n) is 4.41. The number of nitrogens with zero attached hydrogens (tertiary/aromatic N) is 1. The molecule has 1 aromatic carbocycles. The van der Waals surface area contributed by atoms with Crippen LogP contribution in [0.5, 0.6) is 0 Å². The van der Waals surface area contributed by atoms with Crippen molar-refractivity contribution < 1.29 is 0 Å². The second-order valence-electron chi connectivity index (χ2n) is 6.02. The van der Waals surface area contributed by atoms with Crippen molar-refractivity contribution >= 4 is 21.6 Å². The summed E-state index contributed by atoms with van der Waals surface area (Å²) in [5.74, 6) is 0.897. The predicted octanol–water partition coefficient (Wildman–Crippen LogP) is 4.48. The zero-order chi connectivity index (χ0) is 14.0. The highest BCUT2D eigenvalue weighted by Gasteiger charge is 2.23. The molecule has 1 aliphatic carbocycles. The standard InChI is InChI=1S/C16H25BrN2/c1-11-4-7-14(8-5-11)19(3)16-9-6-13(12(2)18)10-15(16)17/h6,9-12,14H,4-5,7-8,18H2,1-3H3/t11?,12-,14?/m1/s1. The van der Waals surface area contributed by atoms with Crippen molar-refractivity contribution in [1.82, 2.24) is 0 Å². The van der Waals surface area contributed by atoms with Crippen LogP contribution in [0.3, 0.4) is 0 Å². The van der Waals surface area contributed by atoms with Gasteiger partial charge in [-0.15, -0.1) is 0 Å². The van der Waals surface area contributed by atoms with Crippen LogP contribution < -0.4 is 10.6 Å². The lowest BCUT2D eigenvalue weighted by Gasteiger charge is -2.35. The van der Waals surface area contributed by atoms with Gasteiger partial charge in [-0.05, 0) is 72.2 Å². The van der Waals surface area contributed by atoms with Crippen LogP contribution in [0.15, 0.2) is 22.7 Å². The smallest absolute Gasteiger partial charge is 0.0510 e. The lowest BCUT2D eigenvalue weighted by Crippen LogP contribution is -2.35. The normalized spacial score (nSPS) is 25.1. The fourth-order valence-electron chi connectivity index (χ4n) is 2.92. The van der Waals surface area contributed by atoms with Crippen LogP contribution >= 0.6 is 15.9 Å². The second-order valence-corrected chi connectivity index (χ2v) is 6.88. The highest BCUT2D eigenvalue weighted by atomic mass is 79.9. The Labute approximate surface area is 125 Å². The van der Waals surface area contributed by atoms with E-state index in [1.165, 1.54) is 36.9 Å². The molecule has 1 aliphatic rings. The van der Waals surface area contributed by atoms with Gasteiger partial charge < -0.3 is 10.6 Å². The molecule has 2 rings (SSSR count). The average Bonchev–Trinajstić information content (AvgIpc) is 2.38. The van der Waals surface area contributed by atoms with Crippen LogP contribution in [0.2, 0.25) is 0 Å². The fraction of sp³-hybridized carbons (Fsp3) is 0.625. The zero-order valence-electron chi connectivity index (χ0n) is 12.2. The Morgan fingerprint density at radius 3 is 2.42 bits per heavy atom. The van der Waals surface area contributed by atoms with Gasteiger partial charge in [-0.1, -0.05) is 13.0 Å². The molecule has 1 fully saturated rings. The number of nitrogens with two attached hydrogens (primary N) is 1. The first-order valence-electron chi connectivity index (χ1n) is 7.27. The van der Waals surface area contributed by atoms with E-state index in [-0.39, 0.29) is 6.04 Å². The van der Waals surface area contributed by atoms with E-state index >= 15 is 0 Å². The maximum absolute atomic E-state index is 5.93. The lowest BCUT2D eigenvalue weighted by atomic mass is 9.86. The Bertz CT molecular complexity index is 423. The molecule has 2 N–H and O–H groups in total. The van der Waals surface area contributed by atoms with Gasteiger partial charge in [-0.3, -0.25) is 0 Å². The van der Waals surface area contributed by atoms with Crippen LogP contribution in [0.4, 0.5) is 5.69 Å². The summed E-state index contributed by atoms with van der Waals surface area (Å²) < 4.78 is 1.16. The van der Waals surface area contributed by atoms with E-state index in [4.69, 9.17) is 5.73 Å². The van der Waals surface area contributed by atoms with E-state index in [0.717, 1.165) is 10.4 Å². The number of hydrogen-bond donors (Lipinski definition) is 1. The molecule has 2 nitrogen and oxygen atoms in total. The first-order valence-corrected chi connectivity index (χ1v) is 8.06. The predicted molar refractivity (Wildman–Crippen MR) is 86.6 cm³/mol. The molecule has 1 saturated carbocycles. The molecule has 0 amide bonds. The van der Waals surface area contributed by atoms with Crippen LogP contribution in [0.1, 0.15) is 51.1 Å². The summed E-state index contributed by atoms with van der Waals surface area (Å²) in [6, 6.07) is 7.26. The van der Waals surface area contributed by atoms with Gasteiger partial charge in [0.15, 0.2) is 0 Å². The van der Waals surface area contributed by atoms with Crippen LogP contribution in [0, 0.1) is 5.92 Å². The maximum Gasteiger partial charge on any atom is 0.0510 e. The lowest BCUT2D eigenvalue weighted by molar-refractivity contribution is 0.340. The van der Waals surface area contributed by atoms with E-state index in [9.17, 15) is 0 Å². The van der Waals surface area contributed by atoms with Crippen molar-refractivity contribution in [2.45, 2.75) is 51.6 Å². The summed E-state index contributed by atoms with van der Waals surface area (Å²) >= 11 is 3.70. The average molecular weight is 325 g/mol. The van der Waals surface area contributed by atoms with E-state index < -0.39 is 0 Å². The molecule has 0 aliphatic heterocycles. The molecule has 19 heavy (non-hydrogen) atoms. The van der Waals surface area contributed by atoms with Gasteiger partial charge in [0.25, 0.3) is 0 Å². The molecule has 0 bridgehead atoms. The topological polar surface area (TPSA) is 29.3 Å². The number of anilines is 1. The van der Waals surface area contributed by atoms with Crippen molar-refractivity contribution in [2.24, 2.45) is 11.7 Å². The molecule has 0 aromatic heterocycles. The minimum atomic E-state index is 0.0891. The largest absolute Gasteiger partial charge is 0.371 e. The van der Waals surface area contributed by atoms with Gasteiger partial charge in [-0.2, -0.15) is 0 Å². The molecular formula is C16H25BrN2. The Morgan fingerprint density at radius 1 is 1.26 bits per heavy atom. The van der Waals surface area contributed by atoms with Crippen LogP contribution in [-0.2, 0) is 0 Å². The Balaban J connectivity index is 2.12. The van der Waals surface area contributed by atoms with E-state index in [1.54, 1.807) is 0 Å². The number of benzene rings is 1. The van der Waals surface area contributed by atoms with Crippen LogP contribution in [-0.4, -0.2) is 13.1 Å². The number of rotatable bonds is 3. The Kier molecular flexibility index (Phi) is 4.91. The summed E-state index contributed by atoms with van der Waals surface area (Å²) in [7, 11) is 2.21. The minimum absolute atomic E-state index is 0.0891. The molecule has 3 heteroatoms. The Hall–Kier alpha value is -0.540. The van der Waals surface area contributed by atoms with Crippen LogP contribution in [0.25, 0.3) is 0 Å². The van der Waals surface area contributed by atoms with Gasteiger partial charge in [-0.25, -0.2) is 0 Å². The maximum atomic E-state index is 5.93. The molecule has 0 radical (unpaired) electrons. The molecule has 1 aromatic rings. The first kappa shape index (κ1) is 14.9. The number of hydrogen-bond acceptors (Lipinski definition) is 2. The van der Waals surface area contributed by atoms with Gasteiger partial charge in [0.05, 0.1) is 5.69 Å². The second kappa shape index (κ2) is 6.27. The van der Waals surface area contributed by atoms with Crippen molar-refractivity contribution in [3.63, 3.8) is 0 Å². The summed E-state index contributed by atoms with van der Waals surface area (Å²) in [5, 5.41) is 0. The summed E-state index contributed by atoms with van der Waals surface area (Å²) in [4.78, 5) is 2.43. The SMILES string of the molecule is CC1CCC(N(C)c2ccc([C@@H](C)N)cc2Br)CC1. The van der Waals surface area contributed by atoms with Gasteiger partial charge in [0.2, 0.25) is 0 Å². The van der Waals surface area contributed by atoms with E-state index in [1.807, 2.05) is 6.92 Å².